The molecular formula is C25H26N2O8. The molecule has 0 unspecified atom stereocenters. The lowest BCUT2D eigenvalue weighted by molar-refractivity contribution is -0.122. The number of imide groups is 2. The van der Waals surface area contributed by atoms with Crippen LogP contribution in [0.25, 0.3) is 6.08 Å². The average molecular weight is 482 g/mol. The van der Waals surface area contributed by atoms with Crippen molar-refractivity contribution in [2.45, 2.75) is 27.2 Å². The molecule has 184 valence electrons. The molecule has 10 nitrogen and oxygen atoms in total. The van der Waals surface area contributed by atoms with E-state index < -0.39 is 23.8 Å². The number of urea groups is 1. The summed E-state index contributed by atoms with van der Waals surface area (Å²) >= 11 is 0. The van der Waals surface area contributed by atoms with E-state index in [1.54, 1.807) is 19.9 Å². The first-order valence-corrected chi connectivity index (χ1v) is 11.1. The van der Waals surface area contributed by atoms with Crippen molar-refractivity contribution in [1.29, 1.82) is 0 Å². The highest BCUT2D eigenvalue weighted by Crippen LogP contribution is 2.34. The van der Waals surface area contributed by atoms with Crippen LogP contribution in [0.4, 0.5) is 10.5 Å². The number of hydrogen-bond acceptors (Lipinski definition) is 7. The van der Waals surface area contributed by atoms with Gasteiger partial charge in [0.05, 0.1) is 25.5 Å². The van der Waals surface area contributed by atoms with E-state index in [9.17, 15) is 24.3 Å². The summed E-state index contributed by atoms with van der Waals surface area (Å²) in [5.41, 5.74) is -0.00993. The van der Waals surface area contributed by atoms with Crippen molar-refractivity contribution in [3.8, 4) is 17.2 Å². The number of nitrogens with one attached hydrogen (secondary N) is 1. The van der Waals surface area contributed by atoms with Gasteiger partial charge in [0.25, 0.3) is 11.8 Å². The highest BCUT2D eigenvalue weighted by atomic mass is 16.5. The molecule has 2 aromatic rings. The first-order chi connectivity index (χ1) is 16.8. The predicted octanol–water partition coefficient (Wildman–Crippen LogP) is 3.64. The number of carboxylic acids is 1. The SMILES string of the molecule is CCCOc1ccc(N2C(=O)NC(=O)/C(=C\c3ccc(OCC)c(C(=O)O)c3)C2=O)cc1OCC. The first-order valence-electron chi connectivity index (χ1n) is 11.1. The third-order valence-corrected chi connectivity index (χ3v) is 4.89. The number of aromatic carboxylic acids is 1. The van der Waals surface area contributed by atoms with Crippen LogP contribution in [0.2, 0.25) is 0 Å². The summed E-state index contributed by atoms with van der Waals surface area (Å²) in [6, 6.07) is 7.91. The zero-order valence-electron chi connectivity index (χ0n) is 19.6. The van der Waals surface area contributed by atoms with Crippen LogP contribution >= 0.6 is 0 Å². The molecule has 1 aliphatic heterocycles. The number of ether oxygens (including phenoxy) is 3. The van der Waals surface area contributed by atoms with Crippen LogP contribution in [0.1, 0.15) is 43.1 Å². The van der Waals surface area contributed by atoms with Gasteiger partial charge in [-0.2, -0.15) is 0 Å². The van der Waals surface area contributed by atoms with E-state index in [1.165, 1.54) is 36.4 Å². The lowest BCUT2D eigenvalue weighted by atomic mass is 10.0. The second-order valence-electron chi connectivity index (χ2n) is 7.36. The summed E-state index contributed by atoms with van der Waals surface area (Å²) in [6.45, 7) is 6.53. The zero-order chi connectivity index (χ0) is 25.5. The van der Waals surface area contributed by atoms with Crippen molar-refractivity contribution in [3.05, 3.63) is 53.1 Å². The van der Waals surface area contributed by atoms with Crippen molar-refractivity contribution in [2.24, 2.45) is 0 Å². The quantitative estimate of drug-likeness (QED) is 0.388. The molecule has 0 aromatic heterocycles. The van der Waals surface area contributed by atoms with Crippen molar-refractivity contribution >= 4 is 35.6 Å². The summed E-state index contributed by atoms with van der Waals surface area (Å²) in [7, 11) is 0. The van der Waals surface area contributed by atoms with Gasteiger partial charge in [0.15, 0.2) is 11.5 Å². The number of benzene rings is 2. The van der Waals surface area contributed by atoms with E-state index in [2.05, 4.69) is 5.32 Å². The molecular weight excluding hydrogens is 456 g/mol. The van der Waals surface area contributed by atoms with Crippen molar-refractivity contribution in [1.82, 2.24) is 5.32 Å². The van der Waals surface area contributed by atoms with Crippen molar-refractivity contribution in [2.75, 3.05) is 24.7 Å². The van der Waals surface area contributed by atoms with E-state index in [0.29, 0.717) is 24.7 Å². The fourth-order valence-electron chi connectivity index (χ4n) is 3.38. The topological polar surface area (TPSA) is 131 Å². The molecule has 0 aliphatic carbocycles. The molecule has 0 bridgehead atoms. The van der Waals surface area contributed by atoms with Crippen LogP contribution in [0, 0.1) is 0 Å². The number of rotatable bonds is 10. The molecule has 2 aromatic carbocycles. The number of carbonyl (C=O) groups excluding carboxylic acids is 3. The Hall–Kier alpha value is -4.34. The highest BCUT2D eigenvalue weighted by Gasteiger charge is 2.37. The Balaban J connectivity index is 2.00. The van der Waals surface area contributed by atoms with Crippen LogP contribution in [0.3, 0.4) is 0 Å². The number of barbiturate groups is 1. The molecule has 1 fully saturated rings. The van der Waals surface area contributed by atoms with Gasteiger partial charge in [0, 0.05) is 6.07 Å². The normalized spacial score (nSPS) is 14.7. The second-order valence-corrected chi connectivity index (χ2v) is 7.36. The van der Waals surface area contributed by atoms with E-state index in [1.807, 2.05) is 6.92 Å². The number of hydrogen-bond donors (Lipinski definition) is 2. The molecule has 1 saturated heterocycles. The summed E-state index contributed by atoms with van der Waals surface area (Å²) in [6.07, 6.45) is 2.01. The predicted molar refractivity (Wildman–Crippen MR) is 127 cm³/mol. The van der Waals surface area contributed by atoms with Crippen LogP contribution < -0.4 is 24.4 Å². The lowest BCUT2D eigenvalue weighted by Gasteiger charge is -2.27. The lowest BCUT2D eigenvalue weighted by Crippen LogP contribution is -2.54. The van der Waals surface area contributed by atoms with Gasteiger partial charge in [-0.05, 0) is 56.2 Å². The largest absolute Gasteiger partial charge is 0.493 e. The highest BCUT2D eigenvalue weighted by molar-refractivity contribution is 6.39. The molecule has 2 N–H and O–H groups in total. The molecule has 0 atom stereocenters. The fraction of sp³-hybridized carbons (Fsp3) is 0.280. The van der Waals surface area contributed by atoms with Gasteiger partial charge in [0.2, 0.25) is 0 Å². The number of anilines is 1. The Morgan fingerprint density at radius 2 is 1.63 bits per heavy atom. The van der Waals surface area contributed by atoms with Gasteiger partial charge in [0.1, 0.15) is 16.9 Å². The smallest absolute Gasteiger partial charge is 0.339 e. The van der Waals surface area contributed by atoms with E-state index in [0.717, 1.165) is 11.3 Å². The van der Waals surface area contributed by atoms with Gasteiger partial charge in [-0.15, -0.1) is 0 Å². The number of carboxylic acid groups (broad SMARTS) is 1. The molecule has 35 heavy (non-hydrogen) atoms. The number of nitrogens with zero attached hydrogens (tertiary/aromatic N) is 1. The molecule has 0 spiro atoms. The van der Waals surface area contributed by atoms with Crippen LogP contribution in [0.15, 0.2) is 42.0 Å². The molecule has 3 rings (SSSR count). The molecule has 4 amide bonds. The standard InChI is InChI=1S/C25H26N2O8/c1-4-11-35-20-10-8-16(14-21(20)34-6-3)27-23(29)18(22(28)26-25(27)32)13-15-7-9-19(33-5-2)17(12-15)24(30)31/h7-10,12-14H,4-6,11H2,1-3H3,(H,30,31)(H,26,28,32)/b18-13+. The van der Waals surface area contributed by atoms with Gasteiger partial charge < -0.3 is 19.3 Å². The molecule has 1 aliphatic rings. The van der Waals surface area contributed by atoms with Crippen molar-refractivity contribution in [3.63, 3.8) is 0 Å². The zero-order valence-corrected chi connectivity index (χ0v) is 19.6. The summed E-state index contributed by atoms with van der Waals surface area (Å²) in [5, 5.41) is 11.6. The minimum Gasteiger partial charge on any atom is -0.493 e. The maximum Gasteiger partial charge on any atom is 0.339 e. The Bertz CT molecular complexity index is 1190. The summed E-state index contributed by atoms with van der Waals surface area (Å²) < 4.78 is 16.6. The third-order valence-electron chi connectivity index (χ3n) is 4.89. The monoisotopic (exact) mass is 482 g/mol. The molecule has 0 saturated carbocycles. The van der Waals surface area contributed by atoms with Gasteiger partial charge in [-0.1, -0.05) is 13.0 Å². The first kappa shape index (κ1) is 25.3. The Labute approximate surface area is 202 Å². The van der Waals surface area contributed by atoms with E-state index in [-0.39, 0.29) is 34.7 Å². The van der Waals surface area contributed by atoms with Crippen molar-refractivity contribution < 1.29 is 38.5 Å². The maximum atomic E-state index is 13.2. The summed E-state index contributed by atoms with van der Waals surface area (Å²) in [5.74, 6) is -2.01. The number of carbonyl (C=O) groups is 4. The molecule has 1 heterocycles. The third kappa shape index (κ3) is 5.60. The molecule has 0 radical (unpaired) electrons. The second kappa shape index (κ2) is 11.2. The Morgan fingerprint density at radius 3 is 2.29 bits per heavy atom. The Morgan fingerprint density at radius 1 is 0.943 bits per heavy atom. The van der Waals surface area contributed by atoms with Gasteiger partial charge in [-0.25, -0.2) is 14.5 Å². The van der Waals surface area contributed by atoms with Crippen LogP contribution in [0.5, 0.6) is 17.2 Å². The minimum atomic E-state index is -1.22. The van der Waals surface area contributed by atoms with E-state index in [4.69, 9.17) is 14.2 Å². The van der Waals surface area contributed by atoms with Crippen LogP contribution in [-0.2, 0) is 9.59 Å². The average Bonchev–Trinajstić information content (AvgIpc) is 2.82. The van der Waals surface area contributed by atoms with Gasteiger partial charge >= 0.3 is 12.0 Å². The van der Waals surface area contributed by atoms with Crippen LogP contribution in [-0.4, -0.2) is 48.7 Å². The number of amides is 4. The van der Waals surface area contributed by atoms with E-state index >= 15 is 0 Å². The fourth-order valence-corrected chi connectivity index (χ4v) is 3.38. The summed E-state index contributed by atoms with van der Waals surface area (Å²) in [4.78, 5) is 50.7. The molecule has 10 heteroatoms. The Kier molecular flexibility index (Phi) is 8.08. The van der Waals surface area contributed by atoms with Gasteiger partial charge in [-0.3, -0.25) is 14.9 Å². The maximum absolute atomic E-state index is 13.2. The minimum absolute atomic E-state index is 0.123.